The molecule has 1 fully saturated rings. The van der Waals surface area contributed by atoms with Crippen molar-refractivity contribution in [3.8, 4) is 5.75 Å². The molecule has 5 heteroatoms. The standard InChI is InChI=1S/C27H33F3O2/c1-3-5-6-16-32-25-15-14-22(26(29)27(25)30)19-10-8-18(9-11-19)21-13-12-20(17-23(21)28)24(31)7-4-2/h3,12-15,17-19,24,31H,1,4-11,16H2,2H3. The Hall–Kier alpha value is -2.27. The van der Waals surface area contributed by atoms with Crippen LogP contribution in [0.3, 0.4) is 0 Å². The summed E-state index contributed by atoms with van der Waals surface area (Å²) >= 11 is 0. The third-order valence-electron chi connectivity index (χ3n) is 6.47. The van der Waals surface area contributed by atoms with Crippen LogP contribution in [0.25, 0.3) is 0 Å². The van der Waals surface area contributed by atoms with Gasteiger partial charge in [0, 0.05) is 0 Å². The third kappa shape index (κ3) is 5.74. The zero-order chi connectivity index (χ0) is 23.1. The lowest BCUT2D eigenvalue weighted by molar-refractivity contribution is 0.166. The van der Waals surface area contributed by atoms with Crippen LogP contribution in [0.2, 0.25) is 0 Å². The summed E-state index contributed by atoms with van der Waals surface area (Å²) < 4.78 is 49.3. The van der Waals surface area contributed by atoms with Crippen molar-refractivity contribution in [3.63, 3.8) is 0 Å². The average Bonchev–Trinajstić information content (AvgIpc) is 2.80. The first-order chi connectivity index (χ1) is 15.5. The second-order valence-corrected chi connectivity index (χ2v) is 8.69. The normalized spacial score (nSPS) is 19.5. The van der Waals surface area contributed by atoms with Crippen LogP contribution >= 0.6 is 0 Å². The molecule has 2 aromatic carbocycles. The van der Waals surface area contributed by atoms with Crippen LogP contribution in [0.5, 0.6) is 5.75 Å². The SMILES string of the molecule is C=CCCCOc1ccc(C2CCC(c3ccc(C(O)CCC)cc3F)CC2)c(F)c1F. The Morgan fingerprint density at radius 3 is 2.31 bits per heavy atom. The Bertz CT molecular complexity index is 904. The minimum atomic E-state index is -0.935. The lowest BCUT2D eigenvalue weighted by Gasteiger charge is -2.30. The Morgan fingerprint density at radius 1 is 1.03 bits per heavy atom. The second kappa shape index (κ2) is 11.6. The molecule has 2 nitrogen and oxygen atoms in total. The van der Waals surface area contributed by atoms with E-state index in [0.717, 1.165) is 12.8 Å². The predicted molar refractivity (Wildman–Crippen MR) is 122 cm³/mol. The van der Waals surface area contributed by atoms with E-state index < -0.39 is 17.7 Å². The fourth-order valence-electron chi connectivity index (χ4n) is 4.62. The summed E-state index contributed by atoms with van der Waals surface area (Å²) in [5.41, 5.74) is 1.62. The average molecular weight is 447 g/mol. The van der Waals surface area contributed by atoms with Crippen LogP contribution in [0.4, 0.5) is 13.2 Å². The van der Waals surface area contributed by atoms with E-state index >= 15 is 0 Å². The van der Waals surface area contributed by atoms with Gasteiger partial charge in [0.1, 0.15) is 5.82 Å². The molecule has 0 heterocycles. The van der Waals surface area contributed by atoms with E-state index in [2.05, 4.69) is 6.58 Å². The predicted octanol–water partition coefficient (Wildman–Crippen LogP) is 7.72. The number of hydrogen-bond acceptors (Lipinski definition) is 2. The molecule has 1 aliphatic rings. The molecule has 1 N–H and O–H groups in total. The van der Waals surface area contributed by atoms with Crippen LogP contribution in [0.15, 0.2) is 43.0 Å². The lowest BCUT2D eigenvalue weighted by atomic mass is 9.75. The minimum Gasteiger partial charge on any atom is -0.490 e. The van der Waals surface area contributed by atoms with Gasteiger partial charge in [-0.05, 0) is 85.6 Å². The van der Waals surface area contributed by atoms with Crippen molar-refractivity contribution in [3.05, 3.63) is 77.1 Å². The molecule has 0 spiro atoms. The number of aliphatic hydroxyl groups is 1. The molecule has 1 aliphatic carbocycles. The van der Waals surface area contributed by atoms with Gasteiger partial charge in [-0.2, -0.15) is 4.39 Å². The molecule has 174 valence electrons. The van der Waals surface area contributed by atoms with Crippen molar-refractivity contribution in [2.45, 2.75) is 76.2 Å². The maximum absolute atomic E-state index is 14.7. The fourth-order valence-corrected chi connectivity index (χ4v) is 4.62. The summed E-state index contributed by atoms with van der Waals surface area (Å²) in [4.78, 5) is 0. The van der Waals surface area contributed by atoms with E-state index in [4.69, 9.17) is 4.74 Å². The number of ether oxygens (including phenoxy) is 1. The Kier molecular flexibility index (Phi) is 8.80. The van der Waals surface area contributed by atoms with E-state index in [1.807, 2.05) is 6.92 Å². The third-order valence-corrected chi connectivity index (χ3v) is 6.47. The van der Waals surface area contributed by atoms with Gasteiger partial charge in [0.2, 0.25) is 5.82 Å². The molecule has 0 radical (unpaired) electrons. The van der Waals surface area contributed by atoms with Crippen LogP contribution in [0.1, 0.15) is 92.9 Å². The maximum atomic E-state index is 14.7. The molecule has 0 bridgehead atoms. The molecule has 1 saturated carbocycles. The first-order valence-electron chi connectivity index (χ1n) is 11.6. The van der Waals surface area contributed by atoms with Gasteiger partial charge in [0.15, 0.2) is 11.6 Å². The van der Waals surface area contributed by atoms with Crippen LogP contribution in [-0.4, -0.2) is 11.7 Å². The van der Waals surface area contributed by atoms with Crippen molar-refractivity contribution in [2.24, 2.45) is 0 Å². The highest BCUT2D eigenvalue weighted by Crippen LogP contribution is 2.43. The maximum Gasteiger partial charge on any atom is 0.200 e. The van der Waals surface area contributed by atoms with Gasteiger partial charge in [-0.15, -0.1) is 6.58 Å². The number of hydrogen-bond donors (Lipinski definition) is 1. The van der Waals surface area contributed by atoms with Gasteiger partial charge in [-0.25, -0.2) is 8.78 Å². The molecule has 0 amide bonds. The molecule has 0 saturated heterocycles. The summed E-state index contributed by atoms with van der Waals surface area (Å²) in [6.07, 6.45) is 6.75. The van der Waals surface area contributed by atoms with Gasteiger partial charge in [-0.1, -0.05) is 37.6 Å². The van der Waals surface area contributed by atoms with Gasteiger partial charge < -0.3 is 9.84 Å². The van der Waals surface area contributed by atoms with Crippen LogP contribution in [-0.2, 0) is 0 Å². The molecule has 2 aromatic rings. The lowest BCUT2D eigenvalue weighted by Crippen LogP contribution is -2.15. The zero-order valence-electron chi connectivity index (χ0n) is 18.8. The largest absolute Gasteiger partial charge is 0.490 e. The first kappa shape index (κ1) is 24.4. The Labute approximate surface area is 189 Å². The second-order valence-electron chi connectivity index (χ2n) is 8.69. The summed E-state index contributed by atoms with van der Waals surface area (Å²) in [6, 6.07) is 8.13. The highest BCUT2D eigenvalue weighted by molar-refractivity contribution is 5.34. The van der Waals surface area contributed by atoms with Gasteiger partial charge in [0.25, 0.3) is 0 Å². The number of rotatable bonds is 10. The van der Waals surface area contributed by atoms with Gasteiger partial charge in [-0.3, -0.25) is 0 Å². The van der Waals surface area contributed by atoms with Crippen molar-refractivity contribution in [2.75, 3.05) is 6.61 Å². The topological polar surface area (TPSA) is 29.5 Å². The van der Waals surface area contributed by atoms with Crippen molar-refractivity contribution < 1.29 is 23.0 Å². The van der Waals surface area contributed by atoms with Crippen molar-refractivity contribution in [1.82, 2.24) is 0 Å². The zero-order valence-corrected chi connectivity index (χ0v) is 18.8. The van der Waals surface area contributed by atoms with Gasteiger partial charge >= 0.3 is 0 Å². The molecular formula is C27H33F3O2. The molecule has 32 heavy (non-hydrogen) atoms. The number of unbranched alkanes of at least 4 members (excludes halogenated alkanes) is 1. The molecule has 0 aromatic heterocycles. The van der Waals surface area contributed by atoms with E-state index in [1.54, 1.807) is 24.3 Å². The molecule has 1 unspecified atom stereocenters. The summed E-state index contributed by atoms with van der Waals surface area (Å²) in [5.74, 6) is -2.17. The first-order valence-corrected chi connectivity index (χ1v) is 11.6. The van der Waals surface area contributed by atoms with E-state index in [-0.39, 0.29) is 23.4 Å². The summed E-state index contributed by atoms with van der Waals surface area (Å²) in [5, 5.41) is 10.1. The highest BCUT2D eigenvalue weighted by Gasteiger charge is 2.28. The van der Waals surface area contributed by atoms with E-state index in [9.17, 15) is 18.3 Å². The Balaban J connectivity index is 1.63. The molecular weight excluding hydrogens is 413 g/mol. The number of allylic oxidation sites excluding steroid dienone is 1. The summed E-state index contributed by atoms with van der Waals surface area (Å²) in [7, 11) is 0. The highest BCUT2D eigenvalue weighted by atomic mass is 19.2. The monoisotopic (exact) mass is 446 g/mol. The molecule has 0 aliphatic heterocycles. The van der Waals surface area contributed by atoms with Crippen LogP contribution in [0, 0.1) is 17.5 Å². The number of halogens is 3. The van der Waals surface area contributed by atoms with Gasteiger partial charge in [0.05, 0.1) is 12.7 Å². The quantitative estimate of drug-likeness (QED) is 0.299. The fraction of sp³-hybridized carbons (Fsp3) is 0.481. The summed E-state index contributed by atoms with van der Waals surface area (Å²) in [6.45, 7) is 5.92. The number of aliphatic hydroxyl groups excluding tert-OH is 1. The van der Waals surface area contributed by atoms with Crippen molar-refractivity contribution in [1.29, 1.82) is 0 Å². The van der Waals surface area contributed by atoms with Crippen LogP contribution < -0.4 is 4.74 Å². The molecule has 3 rings (SSSR count). The van der Waals surface area contributed by atoms with E-state index in [1.165, 1.54) is 12.1 Å². The van der Waals surface area contributed by atoms with E-state index in [0.29, 0.717) is 61.8 Å². The van der Waals surface area contributed by atoms with Crippen molar-refractivity contribution >= 4 is 0 Å². The number of benzene rings is 2. The smallest absolute Gasteiger partial charge is 0.200 e. The Morgan fingerprint density at radius 2 is 1.69 bits per heavy atom. The molecule has 1 atom stereocenters. The minimum absolute atomic E-state index is 0.0454.